The summed E-state index contributed by atoms with van der Waals surface area (Å²) in [5.41, 5.74) is -0.452. The van der Waals surface area contributed by atoms with Crippen molar-refractivity contribution in [3.63, 3.8) is 0 Å². The minimum absolute atomic E-state index is 0.0190. The number of carboxylic acids is 1. The van der Waals surface area contributed by atoms with Crippen molar-refractivity contribution in [3.05, 3.63) is 29.8 Å². The van der Waals surface area contributed by atoms with Gasteiger partial charge in [0.2, 0.25) is 10.0 Å². The molecular weight excluding hydrogens is 328 g/mol. The lowest BCUT2D eigenvalue weighted by Crippen LogP contribution is -2.64. The molecule has 5 nitrogen and oxygen atoms in total. The van der Waals surface area contributed by atoms with Crippen LogP contribution in [-0.2, 0) is 20.7 Å². The zero-order valence-electron chi connectivity index (χ0n) is 12.5. The highest BCUT2D eigenvalue weighted by Gasteiger charge is 2.57. The van der Waals surface area contributed by atoms with E-state index in [2.05, 4.69) is 0 Å². The number of hydrogen-bond acceptors (Lipinski definition) is 3. The van der Waals surface area contributed by atoms with E-state index >= 15 is 0 Å². The summed E-state index contributed by atoms with van der Waals surface area (Å²) < 4.78 is 52.5. The summed E-state index contributed by atoms with van der Waals surface area (Å²) in [5, 5.41) is 8.89. The lowest BCUT2D eigenvalue weighted by molar-refractivity contribution is -0.155. The van der Waals surface area contributed by atoms with Crippen molar-refractivity contribution in [2.75, 3.05) is 13.1 Å². The fraction of sp³-hybridized carbons (Fsp3) is 0.533. The molecule has 126 valence electrons. The predicted molar refractivity (Wildman–Crippen MR) is 77.6 cm³/mol. The van der Waals surface area contributed by atoms with E-state index in [0.29, 0.717) is 25.9 Å². The fourth-order valence-corrected chi connectivity index (χ4v) is 5.02. The molecule has 1 heterocycles. The molecule has 0 aromatic heterocycles. The molecule has 1 spiro atoms. The number of carbonyl (C=O) groups is 1. The Kier molecular flexibility index (Phi) is 3.53. The van der Waals surface area contributed by atoms with Crippen molar-refractivity contribution in [1.82, 2.24) is 4.31 Å². The van der Waals surface area contributed by atoms with Crippen molar-refractivity contribution in [2.24, 2.45) is 11.3 Å². The first-order chi connectivity index (χ1) is 10.5. The number of alkyl halides is 2. The Bertz CT molecular complexity index is 726. The molecule has 1 aromatic rings. The van der Waals surface area contributed by atoms with E-state index in [1.54, 1.807) is 0 Å². The van der Waals surface area contributed by atoms with E-state index in [1.807, 2.05) is 0 Å². The monoisotopic (exact) mass is 345 g/mol. The normalized spacial score (nSPS) is 21.7. The highest BCUT2D eigenvalue weighted by Crippen LogP contribution is 2.53. The molecule has 2 aliphatic rings. The van der Waals surface area contributed by atoms with E-state index < -0.39 is 21.9 Å². The average molecular weight is 345 g/mol. The molecule has 1 N–H and O–H groups in total. The lowest BCUT2D eigenvalue weighted by Gasteiger charge is -2.57. The molecule has 0 amide bonds. The molecule has 0 atom stereocenters. The first-order valence-corrected chi connectivity index (χ1v) is 8.69. The molecule has 0 radical (unpaired) electrons. The van der Waals surface area contributed by atoms with Gasteiger partial charge in [0.05, 0.1) is 10.8 Å². The van der Waals surface area contributed by atoms with Crippen molar-refractivity contribution in [1.29, 1.82) is 0 Å². The van der Waals surface area contributed by atoms with Gasteiger partial charge in [-0.2, -0.15) is 4.31 Å². The van der Waals surface area contributed by atoms with Crippen LogP contribution in [-0.4, -0.2) is 36.9 Å². The van der Waals surface area contributed by atoms with Crippen LogP contribution in [0.5, 0.6) is 0 Å². The number of sulfonamides is 1. The van der Waals surface area contributed by atoms with Gasteiger partial charge in [0.15, 0.2) is 0 Å². The maximum Gasteiger partial charge on any atom is 0.306 e. The van der Waals surface area contributed by atoms with Gasteiger partial charge in [-0.3, -0.25) is 4.79 Å². The number of aliphatic carboxylic acids is 1. The second-order valence-corrected chi connectivity index (χ2v) is 8.57. The fourth-order valence-electron chi connectivity index (χ4n) is 3.36. The first-order valence-electron chi connectivity index (χ1n) is 7.25. The molecular formula is C15H17F2NO4S. The number of rotatable bonds is 4. The molecule has 1 saturated heterocycles. The van der Waals surface area contributed by atoms with Crippen LogP contribution in [0.2, 0.25) is 0 Å². The quantitative estimate of drug-likeness (QED) is 0.908. The van der Waals surface area contributed by atoms with Gasteiger partial charge in [0.25, 0.3) is 5.92 Å². The molecule has 1 aromatic carbocycles. The third kappa shape index (κ3) is 2.74. The Morgan fingerprint density at radius 2 is 1.78 bits per heavy atom. The van der Waals surface area contributed by atoms with Crippen molar-refractivity contribution in [3.8, 4) is 0 Å². The molecule has 0 unspecified atom stereocenters. The van der Waals surface area contributed by atoms with Crippen LogP contribution in [0.15, 0.2) is 29.2 Å². The summed E-state index contributed by atoms with van der Waals surface area (Å²) in [4.78, 5) is 10.8. The minimum atomic E-state index is -3.71. The van der Waals surface area contributed by atoms with Crippen molar-refractivity contribution >= 4 is 16.0 Å². The second kappa shape index (κ2) is 4.98. The maximum atomic E-state index is 13.2. The topological polar surface area (TPSA) is 74.7 Å². The van der Waals surface area contributed by atoms with Gasteiger partial charge < -0.3 is 5.11 Å². The van der Waals surface area contributed by atoms with Crippen molar-refractivity contribution < 1.29 is 27.1 Å². The Morgan fingerprint density at radius 1 is 1.26 bits per heavy atom. The van der Waals surface area contributed by atoms with Crippen LogP contribution in [0, 0.1) is 11.3 Å². The minimum Gasteiger partial charge on any atom is -0.481 e. The van der Waals surface area contributed by atoms with Gasteiger partial charge in [-0.25, -0.2) is 17.2 Å². The molecule has 0 bridgehead atoms. The van der Waals surface area contributed by atoms with Gasteiger partial charge in [0.1, 0.15) is 0 Å². The van der Waals surface area contributed by atoms with E-state index in [1.165, 1.54) is 16.4 Å². The van der Waals surface area contributed by atoms with Gasteiger partial charge in [-0.15, -0.1) is 0 Å². The summed E-state index contributed by atoms with van der Waals surface area (Å²) in [6, 6.07) is 4.61. The van der Waals surface area contributed by atoms with Gasteiger partial charge in [-0.05, 0) is 30.4 Å². The van der Waals surface area contributed by atoms with Crippen molar-refractivity contribution in [2.45, 2.75) is 30.6 Å². The highest BCUT2D eigenvalue weighted by molar-refractivity contribution is 7.89. The second-order valence-electron chi connectivity index (χ2n) is 6.63. The molecule has 8 heteroatoms. The van der Waals surface area contributed by atoms with E-state index in [9.17, 15) is 22.0 Å². The summed E-state index contributed by atoms with van der Waals surface area (Å²) in [6.45, 7) is 1.35. The smallest absolute Gasteiger partial charge is 0.306 e. The maximum absolute atomic E-state index is 13.2. The SMILES string of the molecule is CC(F)(F)c1ccc(S(=O)(=O)N2CC3(CC(C(=O)O)C3)C2)cc1. The standard InChI is InChI=1S/C15H17F2NO4S/c1-14(16,17)11-2-4-12(5-3-11)23(21,22)18-8-15(9-18)6-10(7-15)13(19)20/h2-5,10H,6-9H2,1H3,(H,19,20). The van der Waals surface area contributed by atoms with E-state index in [4.69, 9.17) is 5.11 Å². The summed E-state index contributed by atoms with van der Waals surface area (Å²) in [7, 11) is -3.71. The third-order valence-corrected chi connectivity index (χ3v) is 6.54. The number of nitrogens with zero attached hydrogens (tertiary/aromatic N) is 1. The average Bonchev–Trinajstić information content (AvgIpc) is 2.33. The molecule has 1 saturated carbocycles. The Morgan fingerprint density at radius 3 is 2.22 bits per heavy atom. The zero-order chi connectivity index (χ0) is 17.0. The number of carboxylic acid groups (broad SMARTS) is 1. The van der Waals surface area contributed by atoms with Crippen LogP contribution < -0.4 is 0 Å². The number of halogens is 2. The molecule has 1 aliphatic carbocycles. The number of hydrogen-bond donors (Lipinski definition) is 1. The largest absolute Gasteiger partial charge is 0.481 e. The summed E-state index contributed by atoms with van der Waals surface area (Å²) >= 11 is 0. The molecule has 1 aliphatic heterocycles. The predicted octanol–water partition coefficient (Wildman–Crippen LogP) is 2.28. The molecule has 3 rings (SSSR count). The Hall–Kier alpha value is -1.54. The lowest BCUT2D eigenvalue weighted by atomic mass is 9.58. The van der Waals surface area contributed by atoms with Gasteiger partial charge in [0, 0.05) is 25.6 Å². The van der Waals surface area contributed by atoms with E-state index in [0.717, 1.165) is 19.1 Å². The van der Waals surface area contributed by atoms with Crippen LogP contribution in [0.4, 0.5) is 8.78 Å². The van der Waals surface area contributed by atoms with Gasteiger partial charge in [-0.1, -0.05) is 12.1 Å². The van der Waals surface area contributed by atoms with Crippen LogP contribution in [0.1, 0.15) is 25.3 Å². The summed E-state index contributed by atoms with van der Waals surface area (Å²) in [6.07, 6.45) is 0.991. The van der Waals surface area contributed by atoms with Crippen LogP contribution in [0.25, 0.3) is 0 Å². The summed E-state index contributed by atoms with van der Waals surface area (Å²) in [5.74, 6) is -4.24. The zero-order valence-corrected chi connectivity index (χ0v) is 13.3. The molecule has 23 heavy (non-hydrogen) atoms. The van der Waals surface area contributed by atoms with Crippen LogP contribution >= 0.6 is 0 Å². The third-order valence-electron chi connectivity index (χ3n) is 4.73. The Labute approximate surface area is 133 Å². The number of benzene rings is 1. The Balaban J connectivity index is 1.68. The first kappa shape index (κ1) is 16.3. The molecule has 2 fully saturated rings. The van der Waals surface area contributed by atoms with Crippen LogP contribution in [0.3, 0.4) is 0 Å². The van der Waals surface area contributed by atoms with Gasteiger partial charge >= 0.3 is 5.97 Å². The highest BCUT2D eigenvalue weighted by atomic mass is 32.2. The van der Waals surface area contributed by atoms with E-state index in [-0.39, 0.29) is 21.8 Å².